The molecule has 0 saturated carbocycles. The lowest BCUT2D eigenvalue weighted by atomic mass is 10.1. The molecule has 33 heavy (non-hydrogen) atoms. The molecule has 7 heteroatoms. The van der Waals surface area contributed by atoms with Crippen LogP contribution in [-0.4, -0.2) is 47.0 Å². The van der Waals surface area contributed by atoms with Crippen molar-refractivity contribution >= 4 is 27.5 Å². The van der Waals surface area contributed by atoms with Crippen molar-refractivity contribution in [2.45, 2.75) is 26.7 Å². The molecule has 2 N–H and O–H groups in total. The first-order valence-electron chi connectivity index (χ1n) is 11.5. The molecule has 0 aliphatic rings. The molecule has 2 heterocycles. The van der Waals surface area contributed by atoms with Crippen LogP contribution in [0, 0.1) is 0 Å². The first-order valence-corrected chi connectivity index (χ1v) is 12.4. The minimum atomic E-state index is -0.0310. The largest absolute Gasteiger partial charge is 0.346 e. The van der Waals surface area contributed by atoms with Gasteiger partial charge < -0.3 is 10.2 Å². The van der Waals surface area contributed by atoms with Crippen LogP contribution in [0.2, 0.25) is 0 Å². The van der Waals surface area contributed by atoms with Gasteiger partial charge in [0.2, 0.25) is 0 Å². The molecule has 1 amide bonds. The number of carbonyl (C=O) groups excluding carboxylic acids is 1. The summed E-state index contributed by atoms with van der Waals surface area (Å²) < 4.78 is 1.19. The molecule has 2 aromatic carbocycles. The summed E-state index contributed by atoms with van der Waals surface area (Å²) in [4.78, 5) is 27.6. The summed E-state index contributed by atoms with van der Waals surface area (Å²) >= 11 is 1.65. The Morgan fingerprint density at radius 2 is 1.85 bits per heavy atom. The van der Waals surface area contributed by atoms with Crippen molar-refractivity contribution in [2.75, 3.05) is 26.2 Å². The van der Waals surface area contributed by atoms with E-state index in [9.17, 15) is 4.79 Å². The van der Waals surface area contributed by atoms with Crippen molar-refractivity contribution in [3.63, 3.8) is 0 Å². The SMILES string of the molecule is CC[NH+](CC)CCNC(=O)c1cccc(Cc2nccc(Cc3ccc4ncsc4c3)n2)c1. The maximum Gasteiger partial charge on any atom is 0.251 e. The average molecular weight is 461 g/mol. The Bertz CT molecular complexity index is 1220. The van der Waals surface area contributed by atoms with Crippen LogP contribution in [0.3, 0.4) is 0 Å². The molecule has 0 atom stereocenters. The second-order valence-electron chi connectivity index (χ2n) is 8.14. The molecule has 0 unspecified atom stereocenters. The third-order valence-electron chi connectivity index (χ3n) is 5.86. The lowest BCUT2D eigenvalue weighted by Crippen LogP contribution is -3.12. The normalized spacial score (nSPS) is 11.2. The first-order chi connectivity index (χ1) is 16.1. The van der Waals surface area contributed by atoms with Crippen LogP contribution in [0.4, 0.5) is 0 Å². The second-order valence-corrected chi connectivity index (χ2v) is 9.02. The fourth-order valence-electron chi connectivity index (χ4n) is 3.91. The highest BCUT2D eigenvalue weighted by atomic mass is 32.1. The Morgan fingerprint density at radius 3 is 2.70 bits per heavy atom. The van der Waals surface area contributed by atoms with Gasteiger partial charge in [0.15, 0.2) is 0 Å². The Kier molecular flexibility index (Phi) is 7.75. The van der Waals surface area contributed by atoms with Crippen molar-refractivity contribution in [2.24, 2.45) is 0 Å². The van der Waals surface area contributed by atoms with Crippen LogP contribution < -0.4 is 10.2 Å². The van der Waals surface area contributed by atoms with Gasteiger partial charge in [0.1, 0.15) is 5.82 Å². The number of thiazole rings is 1. The molecule has 0 spiro atoms. The summed E-state index contributed by atoms with van der Waals surface area (Å²) in [7, 11) is 0. The quantitative estimate of drug-likeness (QED) is 0.382. The van der Waals surface area contributed by atoms with Crippen molar-refractivity contribution in [3.8, 4) is 0 Å². The number of aromatic nitrogens is 3. The Morgan fingerprint density at radius 1 is 1.00 bits per heavy atom. The number of nitrogens with one attached hydrogen (secondary N) is 2. The predicted molar refractivity (Wildman–Crippen MR) is 133 cm³/mol. The van der Waals surface area contributed by atoms with E-state index in [1.807, 2.05) is 42.0 Å². The van der Waals surface area contributed by atoms with E-state index in [4.69, 9.17) is 4.98 Å². The zero-order valence-corrected chi connectivity index (χ0v) is 20.0. The van der Waals surface area contributed by atoms with Crippen molar-refractivity contribution < 1.29 is 9.69 Å². The summed E-state index contributed by atoms with van der Waals surface area (Å²) in [6, 6.07) is 16.0. The van der Waals surface area contributed by atoms with Crippen LogP contribution >= 0.6 is 11.3 Å². The molecule has 0 saturated heterocycles. The predicted octanol–water partition coefficient (Wildman–Crippen LogP) is 2.92. The first kappa shape index (κ1) is 23.0. The summed E-state index contributed by atoms with van der Waals surface area (Å²) in [6.07, 6.45) is 3.15. The van der Waals surface area contributed by atoms with Gasteiger partial charge in [-0.15, -0.1) is 11.3 Å². The summed E-state index contributed by atoms with van der Waals surface area (Å²) in [5.41, 5.74) is 6.80. The highest BCUT2D eigenvalue weighted by Gasteiger charge is 2.10. The lowest BCUT2D eigenvalue weighted by molar-refractivity contribution is -0.895. The fourth-order valence-corrected chi connectivity index (χ4v) is 4.65. The van der Waals surface area contributed by atoms with E-state index in [2.05, 4.69) is 47.3 Å². The lowest BCUT2D eigenvalue weighted by Gasteiger charge is -2.15. The van der Waals surface area contributed by atoms with E-state index in [-0.39, 0.29) is 5.91 Å². The smallest absolute Gasteiger partial charge is 0.251 e. The monoisotopic (exact) mass is 460 g/mol. The van der Waals surface area contributed by atoms with Crippen LogP contribution in [0.5, 0.6) is 0 Å². The second kappa shape index (κ2) is 11.1. The number of hydrogen-bond acceptors (Lipinski definition) is 5. The van der Waals surface area contributed by atoms with Crippen LogP contribution in [0.25, 0.3) is 10.2 Å². The summed E-state index contributed by atoms with van der Waals surface area (Å²) in [5.74, 6) is 0.727. The maximum absolute atomic E-state index is 12.6. The van der Waals surface area contributed by atoms with Gasteiger partial charge in [0.25, 0.3) is 5.91 Å². The van der Waals surface area contributed by atoms with E-state index in [0.29, 0.717) is 18.5 Å². The highest BCUT2D eigenvalue weighted by molar-refractivity contribution is 7.16. The Hall–Kier alpha value is -3.16. The summed E-state index contributed by atoms with van der Waals surface area (Å²) in [5, 5.41) is 3.04. The zero-order chi connectivity index (χ0) is 23.0. The van der Waals surface area contributed by atoms with Gasteiger partial charge in [-0.1, -0.05) is 18.2 Å². The average Bonchev–Trinajstić information content (AvgIpc) is 3.30. The Labute approximate surface area is 198 Å². The minimum absolute atomic E-state index is 0.0310. The van der Waals surface area contributed by atoms with Crippen molar-refractivity contribution in [1.82, 2.24) is 20.3 Å². The van der Waals surface area contributed by atoms with Gasteiger partial charge in [-0.25, -0.2) is 15.0 Å². The zero-order valence-electron chi connectivity index (χ0n) is 19.2. The molecule has 0 bridgehead atoms. The molecule has 2 aromatic heterocycles. The molecule has 0 aliphatic heterocycles. The molecule has 4 rings (SSSR count). The van der Waals surface area contributed by atoms with Crippen LogP contribution in [0.1, 0.15) is 46.9 Å². The number of likely N-dealkylation sites (N-methyl/N-ethyl adjacent to an activating group) is 1. The molecule has 0 fully saturated rings. The van der Waals surface area contributed by atoms with Crippen LogP contribution in [0.15, 0.2) is 60.2 Å². The standard InChI is InChI=1S/C26H29N5OS/c1-3-31(4-2)13-12-28-26(32)21-7-5-6-19(14-21)17-25-27-11-10-22(30-25)15-20-8-9-23-24(16-20)33-18-29-23/h5-11,14,16,18H,3-4,12-13,15,17H2,1-2H3,(H,28,32)/p+1. The highest BCUT2D eigenvalue weighted by Crippen LogP contribution is 2.20. The van der Waals surface area contributed by atoms with Gasteiger partial charge in [-0.2, -0.15) is 0 Å². The van der Waals surface area contributed by atoms with Crippen LogP contribution in [-0.2, 0) is 12.8 Å². The molecule has 0 radical (unpaired) electrons. The molecule has 170 valence electrons. The van der Waals surface area contributed by atoms with Gasteiger partial charge in [0.05, 0.1) is 41.9 Å². The molecular formula is C26H30N5OS+. The van der Waals surface area contributed by atoms with E-state index < -0.39 is 0 Å². The van der Waals surface area contributed by atoms with Gasteiger partial charge in [0, 0.05) is 30.3 Å². The summed E-state index contributed by atoms with van der Waals surface area (Å²) in [6.45, 7) is 8.09. The van der Waals surface area contributed by atoms with Crippen molar-refractivity contribution in [1.29, 1.82) is 0 Å². The number of nitrogens with zero attached hydrogens (tertiary/aromatic N) is 3. The number of rotatable bonds is 10. The third kappa shape index (κ3) is 6.21. The fraction of sp³-hybridized carbons (Fsp3) is 0.308. The van der Waals surface area contributed by atoms with Gasteiger partial charge in [-0.3, -0.25) is 4.79 Å². The number of fused-ring (bicyclic) bond motifs is 1. The molecular weight excluding hydrogens is 430 g/mol. The molecule has 4 aromatic rings. The molecule has 0 aliphatic carbocycles. The topological polar surface area (TPSA) is 72.2 Å². The minimum Gasteiger partial charge on any atom is -0.346 e. The Balaban J connectivity index is 1.39. The number of amides is 1. The van der Waals surface area contributed by atoms with Gasteiger partial charge in [-0.05, 0) is 55.3 Å². The van der Waals surface area contributed by atoms with E-state index >= 15 is 0 Å². The van der Waals surface area contributed by atoms with E-state index in [0.717, 1.165) is 48.7 Å². The number of carbonyl (C=O) groups is 1. The molecule has 6 nitrogen and oxygen atoms in total. The number of hydrogen-bond donors (Lipinski definition) is 2. The van der Waals surface area contributed by atoms with E-state index in [1.54, 1.807) is 11.3 Å². The maximum atomic E-state index is 12.6. The third-order valence-corrected chi connectivity index (χ3v) is 6.65. The van der Waals surface area contributed by atoms with E-state index in [1.165, 1.54) is 15.2 Å². The van der Waals surface area contributed by atoms with Gasteiger partial charge >= 0.3 is 0 Å². The van der Waals surface area contributed by atoms with Crippen molar-refractivity contribution in [3.05, 3.63) is 88.4 Å². The number of benzene rings is 2. The number of quaternary nitrogens is 1.